The number of carbonyl (C=O) groups is 4. The number of ether oxygens (including phenoxy) is 1. The lowest BCUT2D eigenvalue weighted by molar-refractivity contribution is -0.139. The van der Waals surface area contributed by atoms with Gasteiger partial charge < -0.3 is 9.64 Å². The van der Waals surface area contributed by atoms with Crippen molar-refractivity contribution in [3.8, 4) is 0 Å². The fraction of sp³-hybridized carbons (Fsp3) is 0.385. The zero-order valence-electron chi connectivity index (χ0n) is 19.0. The van der Waals surface area contributed by atoms with Crippen LogP contribution in [0.1, 0.15) is 75.7 Å². The van der Waals surface area contributed by atoms with Crippen LogP contribution in [0.25, 0.3) is 0 Å². The zero-order valence-corrected chi connectivity index (χ0v) is 19.0. The van der Waals surface area contributed by atoms with Crippen molar-refractivity contribution in [1.29, 1.82) is 0 Å². The fourth-order valence-electron chi connectivity index (χ4n) is 4.58. The highest BCUT2D eigenvalue weighted by Crippen LogP contribution is 2.31. The van der Waals surface area contributed by atoms with E-state index in [2.05, 4.69) is 0 Å². The average Bonchev–Trinajstić information content (AvgIpc) is 3.09. The van der Waals surface area contributed by atoms with Gasteiger partial charge in [-0.15, -0.1) is 0 Å². The van der Waals surface area contributed by atoms with Crippen LogP contribution in [0, 0.1) is 0 Å². The molecule has 172 valence electrons. The molecule has 0 N–H and O–H groups in total. The van der Waals surface area contributed by atoms with Crippen molar-refractivity contribution in [2.75, 3.05) is 7.05 Å². The highest BCUT2D eigenvalue weighted by molar-refractivity contribution is 6.22. The number of benzene rings is 2. The van der Waals surface area contributed by atoms with Crippen molar-refractivity contribution < 1.29 is 23.9 Å². The Bertz CT molecular complexity index is 1080. The molecule has 0 bridgehead atoms. The molecule has 2 aliphatic rings. The third-order valence-corrected chi connectivity index (χ3v) is 6.36. The van der Waals surface area contributed by atoms with Crippen molar-refractivity contribution in [2.24, 2.45) is 0 Å². The average molecular weight is 449 g/mol. The van der Waals surface area contributed by atoms with Gasteiger partial charge >= 0.3 is 5.97 Å². The molecule has 1 heterocycles. The van der Waals surface area contributed by atoms with E-state index < -0.39 is 12.1 Å². The van der Waals surface area contributed by atoms with E-state index in [1.165, 1.54) is 34.9 Å². The van der Waals surface area contributed by atoms with E-state index in [0.717, 1.165) is 37.7 Å². The van der Waals surface area contributed by atoms with E-state index in [0.29, 0.717) is 12.1 Å². The Labute approximate surface area is 193 Å². The summed E-state index contributed by atoms with van der Waals surface area (Å²) in [6.07, 6.45) is 3.76. The van der Waals surface area contributed by atoms with E-state index >= 15 is 0 Å². The number of likely N-dealkylation sites (N-methyl/N-ethyl adjacent to an activating group) is 1. The molecule has 7 nitrogen and oxygen atoms in total. The van der Waals surface area contributed by atoms with Gasteiger partial charge in [0.1, 0.15) is 0 Å². The molecule has 3 amide bonds. The Morgan fingerprint density at radius 2 is 1.67 bits per heavy atom. The predicted octanol–water partition coefficient (Wildman–Crippen LogP) is 3.82. The Kier molecular flexibility index (Phi) is 6.58. The van der Waals surface area contributed by atoms with Crippen LogP contribution in [0.15, 0.2) is 48.5 Å². The highest BCUT2D eigenvalue weighted by atomic mass is 16.5. The molecule has 1 aliphatic carbocycles. The standard InChI is InChI=1S/C26H28N2O5/c1-17(23(29)27(2)16-18-9-5-3-6-10-18)33-26(32)19-13-14-21-22(15-19)25(31)28(24(21)30)20-11-7-4-8-12-20/h3,5-6,9-10,13-15,17,20H,4,7-8,11-12,16H2,1-2H3. The monoisotopic (exact) mass is 448 g/mol. The van der Waals surface area contributed by atoms with Crippen LogP contribution in [0.2, 0.25) is 0 Å². The second kappa shape index (κ2) is 9.57. The number of esters is 1. The maximum atomic E-state index is 13.0. The molecule has 1 saturated carbocycles. The Hall–Kier alpha value is -3.48. The first-order valence-corrected chi connectivity index (χ1v) is 11.4. The number of carbonyl (C=O) groups excluding carboxylic acids is 4. The summed E-state index contributed by atoms with van der Waals surface area (Å²) < 4.78 is 5.38. The lowest BCUT2D eigenvalue weighted by Gasteiger charge is -2.29. The minimum Gasteiger partial charge on any atom is -0.449 e. The number of nitrogens with zero attached hydrogens (tertiary/aromatic N) is 2. The second-order valence-electron chi connectivity index (χ2n) is 8.76. The minimum absolute atomic E-state index is 0.0839. The number of hydrogen-bond acceptors (Lipinski definition) is 5. The zero-order chi connectivity index (χ0) is 23.5. The van der Waals surface area contributed by atoms with Gasteiger partial charge in [-0.2, -0.15) is 0 Å². The SMILES string of the molecule is CC(OC(=O)c1ccc2c(c1)C(=O)N(C1CCCCC1)C2=O)C(=O)N(C)Cc1ccccc1. The van der Waals surface area contributed by atoms with Gasteiger partial charge in [-0.1, -0.05) is 49.6 Å². The van der Waals surface area contributed by atoms with Crippen LogP contribution in [-0.2, 0) is 16.1 Å². The normalized spacial score (nSPS) is 17.0. The molecule has 1 atom stereocenters. The molecule has 0 spiro atoms. The van der Waals surface area contributed by atoms with Gasteiger partial charge in [-0.05, 0) is 43.5 Å². The van der Waals surface area contributed by atoms with Crippen LogP contribution >= 0.6 is 0 Å². The number of hydrogen-bond donors (Lipinski definition) is 0. The number of rotatable bonds is 6. The van der Waals surface area contributed by atoms with Gasteiger partial charge in [0, 0.05) is 19.6 Å². The summed E-state index contributed by atoms with van der Waals surface area (Å²) in [6, 6.07) is 13.8. The first kappa shape index (κ1) is 22.7. The summed E-state index contributed by atoms with van der Waals surface area (Å²) in [5.41, 5.74) is 1.65. The molecule has 1 fully saturated rings. The predicted molar refractivity (Wildman–Crippen MR) is 122 cm³/mol. The molecule has 2 aromatic rings. The van der Waals surface area contributed by atoms with E-state index in [1.807, 2.05) is 30.3 Å². The Morgan fingerprint density at radius 1 is 1.00 bits per heavy atom. The van der Waals surface area contributed by atoms with Gasteiger partial charge in [-0.25, -0.2) is 4.79 Å². The topological polar surface area (TPSA) is 84.0 Å². The first-order valence-electron chi connectivity index (χ1n) is 11.4. The van der Waals surface area contributed by atoms with Gasteiger partial charge in [0.05, 0.1) is 16.7 Å². The van der Waals surface area contributed by atoms with Gasteiger partial charge in [0.2, 0.25) is 0 Å². The Morgan fingerprint density at radius 3 is 2.36 bits per heavy atom. The highest BCUT2D eigenvalue weighted by Gasteiger charge is 2.40. The number of fused-ring (bicyclic) bond motifs is 1. The summed E-state index contributed by atoms with van der Waals surface area (Å²) in [7, 11) is 1.65. The molecule has 0 radical (unpaired) electrons. The molecule has 0 aromatic heterocycles. The maximum absolute atomic E-state index is 13.0. The van der Waals surface area contributed by atoms with Crippen molar-refractivity contribution >= 4 is 23.7 Å². The number of amides is 3. The van der Waals surface area contributed by atoms with Gasteiger partial charge in [0.15, 0.2) is 6.10 Å². The largest absolute Gasteiger partial charge is 0.449 e. The van der Waals surface area contributed by atoms with Crippen molar-refractivity contribution in [3.05, 3.63) is 70.8 Å². The van der Waals surface area contributed by atoms with Crippen molar-refractivity contribution in [2.45, 2.75) is 57.7 Å². The second-order valence-corrected chi connectivity index (χ2v) is 8.76. The van der Waals surface area contributed by atoms with E-state index in [4.69, 9.17) is 4.74 Å². The van der Waals surface area contributed by atoms with Gasteiger partial charge in [-0.3, -0.25) is 19.3 Å². The van der Waals surface area contributed by atoms with Gasteiger partial charge in [0.25, 0.3) is 17.7 Å². The molecule has 4 rings (SSSR count). The summed E-state index contributed by atoms with van der Waals surface area (Å²) in [5, 5.41) is 0. The molecule has 1 unspecified atom stereocenters. The van der Waals surface area contributed by atoms with E-state index in [1.54, 1.807) is 7.05 Å². The first-order chi connectivity index (χ1) is 15.9. The van der Waals surface area contributed by atoms with E-state index in [-0.39, 0.29) is 34.9 Å². The molecular formula is C26H28N2O5. The quantitative estimate of drug-likeness (QED) is 0.496. The third kappa shape index (κ3) is 4.67. The molecule has 33 heavy (non-hydrogen) atoms. The molecule has 1 aliphatic heterocycles. The molecule has 0 saturated heterocycles. The van der Waals surface area contributed by atoms with Crippen LogP contribution in [0.4, 0.5) is 0 Å². The smallest absolute Gasteiger partial charge is 0.338 e. The summed E-state index contributed by atoms with van der Waals surface area (Å²) in [4.78, 5) is 54.0. The number of imide groups is 1. The van der Waals surface area contributed by atoms with Crippen LogP contribution < -0.4 is 0 Å². The fourth-order valence-corrected chi connectivity index (χ4v) is 4.58. The lowest BCUT2D eigenvalue weighted by Crippen LogP contribution is -2.40. The van der Waals surface area contributed by atoms with Crippen LogP contribution in [0.3, 0.4) is 0 Å². The molecule has 7 heteroatoms. The summed E-state index contributed by atoms with van der Waals surface area (Å²) in [5.74, 6) is -1.69. The van der Waals surface area contributed by atoms with Crippen LogP contribution in [0.5, 0.6) is 0 Å². The Balaban J connectivity index is 1.42. The third-order valence-electron chi connectivity index (χ3n) is 6.36. The maximum Gasteiger partial charge on any atom is 0.338 e. The van der Waals surface area contributed by atoms with E-state index in [9.17, 15) is 19.2 Å². The van der Waals surface area contributed by atoms with Crippen molar-refractivity contribution in [3.63, 3.8) is 0 Å². The summed E-state index contributed by atoms with van der Waals surface area (Å²) >= 11 is 0. The van der Waals surface area contributed by atoms with Crippen LogP contribution in [-0.4, -0.2) is 52.7 Å². The molecule has 2 aromatic carbocycles. The minimum atomic E-state index is -0.990. The lowest BCUT2D eigenvalue weighted by atomic mass is 9.94. The summed E-state index contributed by atoms with van der Waals surface area (Å²) in [6.45, 7) is 1.92. The van der Waals surface area contributed by atoms with Crippen molar-refractivity contribution in [1.82, 2.24) is 9.80 Å². The molecular weight excluding hydrogens is 420 g/mol.